The molecule has 0 unspecified atom stereocenters. The summed E-state index contributed by atoms with van der Waals surface area (Å²) in [5.74, 6) is 0.0950. The summed E-state index contributed by atoms with van der Waals surface area (Å²) in [6.07, 6.45) is 1.95. The first-order chi connectivity index (χ1) is 14.5. The summed E-state index contributed by atoms with van der Waals surface area (Å²) in [4.78, 5) is 8.24. The van der Waals surface area contributed by atoms with Crippen LogP contribution in [-0.4, -0.2) is 32.6 Å². The zero-order valence-electron chi connectivity index (χ0n) is 15.7. The third-order valence-corrected chi connectivity index (χ3v) is 4.31. The van der Waals surface area contributed by atoms with Crippen molar-refractivity contribution < 1.29 is 22.6 Å². The zero-order chi connectivity index (χ0) is 21.0. The molecule has 9 heteroatoms. The van der Waals surface area contributed by atoms with E-state index in [2.05, 4.69) is 19.8 Å². The lowest BCUT2D eigenvalue weighted by Crippen LogP contribution is -2.17. The van der Waals surface area contributed by atoms with Gasteiger partial charge in [-0.15, -0.1) is 18.3 Å². The Labute approximate surface area is 169 Å². The van der Waals surface area contributed by atoms with Crippen molar-refractivity contribution in [1.82, 2.24) is 19.6 Å². The van der Waals surface area contributed by atoms with Gasteiger partial charge in [-0.3, -0.25) is 4.98 Å². The van der Waals surface area contributed by atoms with Gasteiger partial charge in [-0.2, -0.15) is 0 Å². The van der Waals surface area contributed by atoms with Crippen molar-refractivity contribution in [2.24, 2.45) is 0 Å². The molecule has 0 amide bonds. The molecular weight excluding hydrogens is 397 g/mol. The van der Waals surface area contributed by atoms with Gasteiger partial charge in [-0.1, -0.05) is 12.1 Å². The number of rotatable bonds is 7. The molecule has 0 spiro atoms. The van der Waals surface area contributed by atoms with Crippen LogP contribution in [0, 0.1) is 0 Å². The van der Waals surface area contributed by atoms with Crippen molar-refractivity contribution in [2.75, 3.05) is 6.61 Å². The van der Waals surface area contributed by atoms with Crippen LogP contribution in [0.5, 0.6) is 11.6 Å². The molecule has 0 fully saturated rings. The smallest absolute Gasteiger partial charge is 0.477 e. The Morgan fingerprint density at radius 2 is 1.83 bits per heavy atom. The number of aromatic nitrogens is 4. The van der Waals surface area contributed by atoms with E-state index in [-0.39, 0.29) is 5.75 Å². The van der Waals surface area contributed by atoms with Gasteiger partial charge < -0.3 is 9.47 Å². The van der Waals surface area contributed by atoms with Crippen LogP contribution in [0.25, 0.3) is 16.9 Å². The Balaban J connectivity index is 1.48. The van der Waals surface area contributed by atoms with E-state index in [1.54, 1.807) is 36.8 Å². The largest absolute Gasteiger partial charge is 0.573 e. The maximum absolute atomic E-state index is 12.5. The lowest BCUT2D eigenvalue weighted by atomic mass is 10.1. The normalized spacial score (nSPS) is 11.6. The van der Waals surface area contributed by atoms with E-state index in [1.807, 2.05) is 12.1 Å². The van der Waals surface area contributed by atoms with Crippen molar-refractivity contribution >= 4 is 5.65 Å². The number of aryl methyl sites for hydroxylation is 1. The van der Waals surface area contributed by atoms with E-state index in [4.69, 9.17) is 4.74 Å². The topological polar surface area (TPSA) is 61.5 Å². The number of pyridine rings is 1. The monoisotopic (exact) mass is 414 g/mol. The maximum Gasteiger partial charge on any atom is 0.573 e. The number of hydrogen-bond acceptors (Lipinski definition) is 5. The number of nitrogens with zero attached hydrogens (tertiary/aromatic N) is 4. The van der Waals surface area contributed by atoms with E-state index in [1.165, 1.54) is 28.3 Å². The van der Waals surface area contributed by atoms with E-state index in [0.29, 0.717) is 29.4 Å². The number of hydrogen-bond donors (Lipinski definition) is 0. The molecule has 0 atom stereocenters. The van der Waals surface area contributed by atoms with Gasteiger partial charge in [0.2, 0.25) is 5.88 Å². The molecule has 0 N–H and O–H groups in total. The molecule has 0 aliphatic heterocycles. The predicted molar refractivity (Wildman–Crippen MR) is 103 cm³/mol. The summed E-state index contributed by atoms with van der Waals surface area (Å²) in [5, 5.41) is 4.42. The molecule has 0 radical (unpaired) electrons. The molecule has 30 heavy (non-hydrogen) atoms. The first-order valence-corrected chi connectivity index (χ1v) is 9.21. The molecule has 154 valence electrons. The SMILES string of the molecule is FC(F)(F)Oc1cccc(-c2cnc3ccc(OCCCc4ccncc4)nn23)c1. The van der Waals surface area contributed by atoms with Gasteiger partial charge in [0, 0.05) is 24.0 Å². The maximum atomic E-state index is 12.5. The van der Waals surface area contributed by atoms with Crippen molar-refractivity contribution in [1.29, 1.82) is 0 Å². The van der Waals surface area contributed by atoms with Crippen molar-refractivity contribution in [3.05, 3.63) is 72.7 Å². The van der Waals surface area contributed by atoms with Gasteiger partial charge in [0.25, 0.3) is 0 Å². The first-order valence-electron chi connectivity index (χ1n) is 9.21. The standard InChI is InChI=1S/C21H17F3N4O2/c22-21(23,24)30-17-5-1-4-16(13-17)18-14-26-19-6-7-20(27-28(18)19)29-12-2-3-15-8-10-25-11-9-15/h1,4-11,13-14H,2-3,12H2. The summed E-state index contributed by atoms with van der Waals surface area (Å²) in [5.41, 5.74) is 2.75. The molecule has 1 aromatic carbocycles. The van der Waals surface area contributed by atoms with E-state index in [9.17, 15) is 13.2 Å². The highest BCUT2D eigenvalue weighted by atomic mass is 19.4. The number of benzene rings is 1. The summed E-state index contributed by atoms with van der Waals surface area (Å²) in [6.45, 7) is 0.472. The molecule has 0 saturated carbocycles. The van der Waals surface area contributed by atoms with Crippen LogP contribution >= 0.6 is 0 Å². The van der Waals surface area contributed by atoms with Gasteiger partial charge in [0.05, 0.1) is 18.5 Å². The van der Waals surface area contributed by atoms with Crippen molar-refractivity contribution in [3.63, 3.8) is 0 Å². The van der Waals surface area contributed by atoms with Gasteiger partial charge in [0.15, 0.2) is 5.65 Å². The Morgan fingerprint density at radius 3 is 2.63 bits per heavy atom. The Morgan fingerprint density at radius 1 is 1.00 bits per heavy atom. The number of alkyl halides is 3. The third-order valence-electron chi connectivity index (χ3n) is 4.31. The fraction of sp³-hybridized carbons (Fsp3) is 0.190. The Kier molecular flexibility index (Phi) is 5.51. The second-order valence-corrected chi connectivity index (χ2v) is 6.47. The van der Waals surface area contributed by atoms with Crippen LogP contribution in [0.3, 0.4) is 0 Å². The predicted octanol–water partition coefficient (Wildman–Crippen LogP) is 4.70. The lowest BCUT2D eigenvalue weighted by molar-refractivity contribution is -0.274. The zero-order valence-corrected chi connectivity index (χ0v) is 15.7. The molecule has 4 rings (SSSR count). The molecule has 3 heterocycles. The summed E-state index contributed by atoms with van der Waals surface area (Å²) in [7, 11) is 0. The van der Waals surface area contributed by atoms with Crippen molar-refractivity contribution in [3.8, 4) is 22.9 Å². The van der Waals surface area contributed by atoms with Crippen LogP contribution in [-0.2, 0) is 6.42 Å². The molecule has 0 aliphatic carbocycles. The third kappa shape index (κ3) is 4.86. The van der Waals surface area contributed by atoms with Crippen LogP contribution in [0.1, 0.15) is 12.0 Å². The molecule has 0 bridgehead atoms. The summed E-state index contributed by atoms with van der Waals surface area (Å²) in [6, 6.07) is 13.0. The van der Waals surface area contributed by atoms with Gasteiger partial charge >= 0.3 is 6.36 Å². The van der Waals surface area contributed by atoms with Crippen LogP contribution in [0.4, 0.5) is 13.2 Å². The van der Waals surface area contributed by atoms with Crippen molar-refractivity contribution in [2.45, 2.75) is 19.2 Å². The second-order valence-electron chi connectivity index (χ2n) is 6.47. The molecular formula is C21H17F3N4O2. The fourth-order valence-electron chi connectivity index (χ4n) is 2.99. The molecule has 4 aromatic rings. The van der Waals surface area contributed by atoms with Crippen LogP contribution < -0.4 is 9.47 Å². The molecule has 6 nitrogen and oxygen atoms in total. The highest BCUT2D eigenvalue weighted by Gasteiger charge is 2.31. The minimum atomic E-state index is -4.76. The highest BCUT2D eigenvalue weighted by Crippen LogP contribution is 2.28. The minimum Gasteiger partial charge on any atom is -0.477 e. The summed E-state index contributed by atoms with van der Waals surface area (Å²) >= 11 is 0. The number of halogens is 3. The highest BCUT2D eigenvalue weighted by molar-refractivity contribution is 5.64. The second kappa shape index (κ2) is 8.40. The molecule has 0 saturated heterocycles. The van der Waals surface area contributed by atoms with Gasteiger partial charge in [0.1, 0.15) is 5.75 Å². The van der Waals surface area contributed by atoms with Gasteiger partial charge in [-0.25, -0.2) is 9.50 Å². The van der Waals surface area contributed by atoms with E-state index < -0.39 is 6.36 Å². The van der Waals surface area contributed by atoms with Crippen LogP contribution in [0.15, 0.2) is 67.1 Å². The Bertz CT molecular complexity index is 1130. The number of fused-ring (bicyclic) bond motifs is 1. The number of imidazole rings is 1. The van der Waals surface area contributed by atoms with Gasteiger partial charge in [-0.05, 0) is 48.7 Å². The first kappa shape index (κ1) is 19.7. The molecule has 0 aliphatic rings. The Hall–Kier alpha value is -3.62. The van der Waals surface area contributed by atoms with Crippen LogP contribution in [0.2, 0.25) is 0 Å². The minimum absolute atomic E-state index is 0.307. The quantitative estimate of drug-likeness (QED) is 0.410. The fourth-order valence-corrected chi connectivity index (χ4v) is 2.99. The van der Waals surface area contributed by atoms with E-state index >= 15 is 0 Å². The average molecular weight is 414 g/mol. The lowest BCUT2D eigenvalue weighted by Gasteiger charge is -2.10. The average Bonchev–Trinajstić information content (AvgIpc) is 3.14. The number of ether oxygens (including phenoxy) is 2. The summed E-state index contributed by atoms with van der Waals surface area (Å²) < 4.78 is 48.8. The van der Waals surface area contributed by atoms with E-state index in [0.717, 1.165) is 12.8 Å². The molecule has 3 aromatic heterocycles.